The standard InChI is InChI=1S/C17H16F3N5OS/c1-16(2,3)12-14(25-9-21-8-22-25)27-15(23-12)24-13(26)10-4-6-11(7-5-10)17(18,19)20/h4-9H,1-3H3,(H,23,24,26). The second-order valence-corrected chi connectivity index (χ2v) is 7.77. The molecule has 6 nitrogen and oxygen atoms in total. The number of anilines is 1. The average molecular weight is 395 g/mol. The summed E-state index contributed by atoms with van der Waals surface area (Å²) in [7, 11) is 0. The first-order valence-electron chi connectivity index (χ1n) is 7.90. The summed E-state index contributed by atoms with van der Waals surface area (Å²) in [5.41, 5.74) is -0.287. The van der Waals surface area contributed by atoms with Crippen LogP contribution in [-0.2, 0) is 11.6 Å². The number of halogens is 3. The van der Waals surface area contributed by atoms with Crippen LogP contribution in [-0.4, -0.2) is 25.7 Å². The van der Waals surface area contributed by atoms with Crippen LogP contribution in [0.5, 0.6) is 0 Å². The summed E-state index contributed by atoms with van der Waals surface area (Å²) in [6.07, 6.45) is -1.52. The van der Waals surface area contributed by atoms with E-state index in [4.69, 9.17) is 0 Å². The lowest BCUT2D eigenvalue weighted by atomic mass is 9.92. The normalized spacial score (nSPS) is 12.2. The second kappa shape index (κ2) is 6.76. The lowest BCUT2D eigenvalue weighted by molar-refractivity contribution is -0.137. The number of hydrogen-bond donors (Lipinski definition) is 1. The summed E-state index contributed by atoms with van der Waals surface area (Å²) in [6.45, 7) is 5.93. The molecule has 2 aromatic heterocycles. The highest BCUT2D eigenvalue weighted by Gasteiger charge is 2.30. The van der Waals surface area contributed by atoms with E-state index in [1.54, 1.807) is 4.68 Å². The first kappa shape index (κ1) is 19.0. The molecule has 1 N–H and O–H groups in total. The number of nitrogens with one attached hydrogen (secondary N) is 1. The second-order valence-electron chi connectivity index (χ2n) is 6.79. The molecule has 0 aliphatic rings. The van der Waals surface area contributed by atoms with Crippen molar-refractivity contribution in [3.63, 3.8) is 0 Å². The van der Waals surface area contributed by atoms with E-state index in [1.165, 1.54) is 24.0 Å². The molecule has 1 aromatic carbocycles. The lowest BCUT2D eigenvalue weighted by Crippen LogP contribution is -2.16. The van der Waals surface area contributed by atoms with Crippen LogP contribution in [0.3, 0.4) is 0 Å². The zero-order valence-corrected chi connectivity index (χ0v) is 15.5. The predicted octanol–water partition coefficient (Wildman–Crippen LogP) is 4.29. The highest BCUT2D eigenvalue weighted by atomic mass is 32.1. The van der Waals surface area contributed by atoms with Gasteiger partial charge in [0.2, 0.25) is 0 Å². The molecule has 0 atom stereocenters. The highest BCUT2D eigenvalue weighted by molar-refractivity contribution is 7.18. The van der Waals surface area contributed by atoms with Crippen LogP contribution in [0.25, 0.3) is 5.00 Å². The molecule has 1 amide bonds. The van der Waals surface area contributed by atoms with Crippen LogP contribution >= 0.6 is 11.3 Å². The van der Waals surface area contributed by atoms with E-state index >= 15 is 0 Å². The average Bonchev–Trinajstić information content (AvgIpc) is 3.22. The van der Waals surface area contributed by atoms with Crippen molar-refractivity contribution in [2.24, 2.45) is 0 Å². The molecular weight excluding hydrogens is 379 g/mol. The summed E-state index contributed by atoms with van der Waals surface area (Å²) in [4.78, 5) is 20.8. The fraction of sp³-hybridized carbons (Fsp3) is 0.294. The quantitative estimate of drug-likeness (QED) is 0.718. The van der Waals surface area contributed by atoms with E-state index in [0.29, 0.717) is 10.1 Å². The minimum Gasteiger partial charge on any atom is -0.298 e. The fourth-order valence-electron chi connectivity index (χ4n) is 2.30. The van der Waals surface area contributed by atoms with E-state index in [0.717, 1.165) is 30.0 Å². The third-order valence-electron chi connectivity index (χ3n) is 3.64. The third-order valence-corrected chi connectivity index (χ3v) is 4.60. The molecule has 0 fully saturated rings. The SMILES string of the molecule is CC(C)(C)c1nc(NC(=O)c2ccc(C(F)(F)F)cc2)sc1-n1cncn1. The topological polar surface area (TPSA) is 72.7 Å². The van der Waals surface area contributed by atoms with E-state index < -0.39 is 17.6 Å². The predicted molar refractivity (Wildman–Crippen MR) is 95.1 cm³/mol. The van der Waals surface area contributed by atoms with Gasteiger partial charge in [-0.2, -0.15) is 18.3 Å². The summed E-state index contributed by atoms with van der Waals surface area (Å²) in [5.74, 6) is -0.539. The van der Waals surface area contributed by atoms with Gasteiger partial charge in [0, 0.05) is 11.0 Å². The molecule has 142 valence electrons. The van der Waals surface area contributed by atoms with E-state index in [-0.39, 0.29) is 11.0 Å². The van der Waals surface area contributed by atoms with Gasteiger partial charge in [-0.15, -0.1) is 0 Å². The number of hydrogen-bond acceptors (Lipinski definition) is 5. The highest BCUT2D eigenvalue weighted by Crippen LogP contribution is 2.34. The molecule has 0 aliphatic carbocycles. The van der Waals surface area contributed by atoms with Gasteiger partial charge in [0.05, 0.1) is 11.3 Å². The molecule has 0 spiro atoms. The van der Waals surface area contributed by atoms with E-state index in [2.05, 4.69) is 20.4 Å². The summed E-state index contributed by atoms with van der Waals surface area (Å²) in [6, 6.07) is 4.01. The van der Waals surface area contributed by atoms with E-state index in [9.17, 15) is 18.0 Å². The molecule has 0 bridgehead atoms. The number of aromatic nitrogens is 4. The summed E-state index contributed by atoms with van der Waals surface area (Å²) in [5, 5.41) is 7.78. The van der Waals surface area contributed by atoms with Crippen molar-refractivity contribution in [1.82, 2.24) is 19.7 Å². The van der Waals surface area contributed by atoms with Gasteiger partial charge < -0.3 is 0 Å². The van der Waals surface area contributed by atoms with Crippen molar-refractivity contribution in [2.45, 2.75) is 32.4 Å². The van der Waals surface area contributed by atoms with Gasteiger partial charge in [0.25, 0.3) is 5.91 Å². The van der Waals surface area contributed by atoms with Gasteiger partial charge >= 0.3 is 6.18 Å². The molecule has 10 heteroatoms. The molecule has 0 unspecified atom stereocenters. The molecule has 0 saturated carbocycles. The molecule has 3 aromatic rings. The van der Waals surface area contributed by atoms with Gasteiger partial charge in [-0.1, -0.05) is 32.1 Å². The smallest absolute Gasteiger partial charge is 0.298 e. The number of rotatable bonds is 3. The number of thiazole rings is 1. The molecule has 0 saturated heterocycles. The number of amides is 1. The zero-order valence-electron chi connectivity index (χ0n) is 14.7. The van der Waals surface area contributed by atoms with Gasteiger partial charge in [-0.3, -0.25) is 10.1 Å². The van der Waals surface area contributed by atoms with Crippen LogP contribution < -0.4 is 5.32 Å². The maximum Gasteiger partial charge on any atom is 0.416 e. The van der Waals surface area contributed by atoms with Gasteiger partial charge in [0.15, 0.2) is 5.13 Å². The van der Waals surface area contributed by atoms with E-state index in [1.807, 2.05) is 20.8 Å². The Balaban J connectivity index is 1.86. The van der Waals surface area contributed by atoms with Crippen LogP contribution in [0.15, 0.2) is 36.9 Å². The first-order chi connectivity index (χ1) is 12.6. The Hall–Kier alpha value is -2.75. The Labute approximate surface area is 157 Å². The number of alkyl halides is 3. The molecule has 27 heavy (non-hydrogen) atoms. The minimum absolute atomic E-state index is 0.109. The number of benzene rings is 1. The van der Waals surface area contributed by atoms with Crippen LogP contribution in [0.4, 0.5) is 18.3 Å². The minimum atomic E-state index is -4.45. The van der Waals surface area contributed by atoms with Crippen LogP contribution in [0.1, 0.15) is 42.4 Å². The maximum atomic E-state index is 12.6. The van der Waals surface area contributed by atoms with Crippen molar-refractivity contribution in [3.05, 3.63) is 53.7 Å². The van der Waals surface area contributed by atoms with Gasteiger partial charge in [0.1, 0.15) is 17.7 Å². The number of carbonyl (C=O) groups is 1. The van der Waals surface area contributed by atoms with Crippen LogP contribution in [0, 0.1) is 0 Å². The Morgan fingerprint density at radius 3 is 2.33 bits per heavy atom. The van der Waals surface area contributed by atoms with Crippen molar-refractivity contribution in [2.75, 3.05) is 5.32 Å². The van der Waals surface area contributed by atoms with Crippen molar-refractivity contribution >= 4 is 22.4 Å². The Morgan fingerprint density at radius 2 is 1.81 bits per heavy atom. The maximum absolute atomic E-state index is 12.6. The molecule has 2 heterocycles. The Bertz CT molecular complexity index is 941. The fourth-order valence-corrected chi connectivity index (χ4v) is 3.40. The molecule has 0 radical (unpaired) electrons. The lowest BCUT2D eigenvalue weighted by Gasteiger charge is -2.16. The summed E-state index contributed by atoms with van der Waals surface area (Å²) < 4.78 is 39.5. The monoisotopic (exact) mass is 395 g/mol. The summed E-state index contributed by atoms with van der Waals surface area (Å²) >= 11 is 1.21. The molecular formula is C17H16F3N5OS. The zero-order chi connectivity index (χ0) is 19.8. The largest absolute Gasteiger partial charge is 0.416 e. The Kier molecular flexibility index (Phi) is 4.77. The molecule has 3 rings (SSSR count). The van der Waals surface area contributed by atoms with Crippen LogP contribution in [0.2, 0.25) is 0 Å². The van der Waals surface area contributed by atoms with Crippen molar-refractivity contribution in [1.29, 1.82) is 0 Å². The van der Waals surface area contributed by atoms with Gasteiger partial charge in [-0.25, -0.2) is 14.6 Å². The number of nitrogens with zero attached hydrogens (tertiary/aromatic N) is 4. The van der Waals surface area contributed by atoms with Gasteiger partial charge in [-0.05, 0) is 24.3 Å². The third kappa shape index (κ3) is 4.16. The number of carbonyl (C=O) groups excluding carboxylic acids is 1. The molecule has 0 aliphatic heterocycles. The van der Waals surface area contributed by atoms with Crippen molar-refractivity contribution < 1.29 is 18.0 Å². The Morgan fingerprint density at radius 1 is 1.15 bits per heavy atom. The first-order valence-corrected chi connectivity index (χ1v) is 8.72. The van der Waals surface area contributed by atoms with Crippen molar-refractivity contribution in [3.8, 4) is 5.00 Å².